The molecule has 1 saturated heterocycles. The number of hydrogen-bond donors (Lipinski definition) is 1. The third-order valence-corrected chi connectivity index (χ3v) is 3.66. The molecule has 1 fully saturated rings. The van der Waals surface area contributed by atoms with Crippen molar-refractivity contribution in [2.45, 2.75) is 51.9 Å². The lowest BCUT2D eigenvalue weighted by molar-refractivity contribution is -0.148. The highest BCUT2D eigenvalue weighted by atomic mass is 16.6. The van der Waals surface area contributed by atoms with Gasteiger partial charge in [-0.25, -0.2) is 0 Å². The van der Waals surface area contributed by atoms with Crippen molar-refractivity contribution < 1.29 is 19.0 Å². The summed E-state index contributed by atoms with van der Waals surface area (Å²) < 4.78 is 16.3. The molecule has 0 unspecified atom stereocenters. The average molecular weight is 321 g/mol. The normalized spacial score (nSPS) is 19.4. The lowest BCUT2D eigenvalue weighted by Crippen LogP contribution is -2.45. The summed E-state index contributed by atoms with van der Waals surface area (Å²) >= 11 is 0. The van der Waals surface area contributed by atoms with Crippen molar-refractivity contribution in [2.24, 2.45) is 0 Å². The summed E-state index contributed by atoms with van der Waals surface area (Å²) in [6, 6.07) is 8.23. The second kappa shape index (κ2) is 8.89. The number of aryl methyl sites for hydroxylation is 1. The molecule has 23 heavy (non-hydrogen) atoms. The number of hydrogen-bond acceptors (Lipinski definition) is 4. The lowest BCUT2D eigenvalue weighted by Gasteiger charge is -2.24. The van der Waals surface area contributed by atoms with Gasteiger partial charge in [0, 0.05) is 6.04 Å². The molecule has 1 amide bonds. The number of rotatable bonds is 7. The van der Waals surface area contributed by atoms with Crippen molar-refractivity contribution in [3.63, 3.8) is 0 Å². The molecule has 5 heteroatoms. The van der Waals surface area contributed by atoms with Crippen LogP contribution in [0.2, 0.25) is 0 Å². The summed E-state index contributed by atoms with van der Waals surface area (Å²) in [6.45, 7) is 7.43. The van der Waals surface area contributed by atoms with E-state index in [-0.39, 0.29) is 18.1 Å². The first kappa shape index (κ1) is 17.8. The van der Waals surface area contributed by atoms with Crippen LogP contribution in [0.4, 0.5) is 0 Å². The molecule has 1 aliphatic heterocycles. The van der Waals surface area contributed by atoms with Gasteiger partial charge in [0.15, 0.2) is 6.10 Å². The zero-order chi connectivity index (χ0) is 16.7. The summed E-state index contributed by atoms with van der Waals surface area (Å²) in [7, 11) is 0. The summed E-state index contributed by atoms with van der Waals surface area (Å²) in [5.41, 5.74) is 1.24. The molecule has 0 spiro atoms. The first-order chi connectivity index (χ1) is 11.0. The zero-order valence-electron chi connectivity index (χ0n) is 14.2. The quantitative estimate of drug-likeness (QED) is 0.837. The third-order valence-electron chi connectivity index (χ3n) is 3.66. The van der Waals surface area contributed by atoms with Gasteiger partial charge in [0.05, 0.1) is 25.9 Å². The van der Waals surface area contributed by atoms with Crippen LogP contribution in [-0.2, 0) is 20.7 Å². The summed E-state index contributed by atoms with van der Waals surface area (Å²) in [4.78, 5) is 12.0. The molecular weight excluding hydrogens is 294 g/mol. The minimum Gasteiger partial charge on any atom is -0.491 e. The predicted octanol–water partition coefficient (Wildman–Crippen LogP) is 2.33. The van der Waals surface area contributed by atoms with Gasteiger partial charge in [0.1, 0.15) is 5.75 Å². The number of amides is 1. The van der Waals surface area contributed by atoms with E-state index in [9.17, 15) is 4.79 Å². The van der Waals surface area contributed by atoms with Crippen LogP contribution >= 0.6 is 0 Å². The molecule has 0 aromatic heterocycles. The average Bonchev–Trinajstić information content (AvgIpc) is 2.54. The minimum absolute atomic E-state index is 0.0853. The largest absolute Gasteiger partial charge is 0.491 e. The van der Waals surface area contributed by atoms with Crippen LogP contribution in [-0.4, -0.2) is 44.0 Å². The lowest BCUT2D eigenvalue weighted by atomic mass is 10.1. The van der Waals surface area contributed by atoms with E-state index in [4.69, 9.17) is 14.2 Å². The van der Waals surface area contributed by atoms with E-state index in [0.717, 1.165) is 18.6 Å². The molecule has 128 valence electrons. The van der Waals surface area contributed by atoms with Crippen molar-refractivity contribution in [3.8, 4) is 5.75 Å². The van der Waals surface area contributed by atoms with Gasteiger partial charge >= 0.3 is 0 Å². The van der Waals surface area contributed by atoms with Crippen LogP contribution in [0, 0.1) is 0 Å². The molecule has 2 rings (SSSR count). The van der Waals surface area contributed by atoms with Gasteiger partial charge in [-0.05, 0) is 51.3 Å². The van der Waals surface area contributed by atoms with Crippen LogP contribution < -0.4 is 10.1 Å². The Bertz CT molecular complexity index is 480. The van der Waals surface area contributed by atoms with E-state index in [1.165, 1.54) is 5.56 Å². The predicted molar refractivity (Wildman–Crippen MR) is 88.7 cm³/mol. The van der Waals surface area contributed by atoms with E-state index < -0.39 is 6.10 Å². The van der Waals surface area contributed by atoms with E-state index >= 15 is 0 Å². The van der Waals surface area contributed by atoms with Gasteiger partial charge in [-0.2, -0.15) is 0 Å². The smallest absolute Gasteiger partial charge is 0.251 e. The number of ether oxygens (including phenoxy) is 3. The Morgan fingerprint density at radius 3 is 2.61 bits per heavy atom. The highest BCUT2D eigenvalue weighted by molar-refractivity contribution is 5.81. The highest BCUT2D eigenvalue weighted by Gasteiger charge is 2.23. The van der Waals surface area contributed by atoms with Gasteiger partial charge < -0.3 is 19.5 Å². The Kier molecular flexibility index (Phi) is 6.86. The second-order valence-corrected chi connectivity index (χ2v) is 6.19. The molecule has 1 aliphatic rings. The van der Waals surface area contributed by atoms with Gasteiger partial charge in [0.2, 0.25) is 0 Å². The fraction of sp³-hybridized carbons (Fsp3) is 0.611. The molecular formula is C18H27NO4. The number of nitrogens with one attached hydrogen (secondary N) is 1. The first-order valence-electron chi connectivity index (χ1n) is 8.30. The maximum Gasteiger partial charge on any atom is 0.251 e. The van der Waals surface area contributed by atoms with Gasteiger partial charge in [-0.3, -0.25) is 4.79 Å². The van der Waals surface area contributed by atoms with E-state index in [1.807, 2.05) is 32.9 Å². The summed E-state index contributed by atoms with van der Waals surface area (Å²) in [6.07, 6.45) is 1.50. The van der Waals surface area contributed by atoms with Crippen LogP contribution in [0.3, 0.4) is 0 Å². The number of carbonyl (C=O) groups is 1. The number of carbonyl (C=O) groups excluding carboxylic acids is 1. The Morgan fingerprint density at radius 2 is 2.00 bits per heavy atom. The Labute approximate surface area is 138 Å². The van der Waals surface area contributed by atoms with Crippen LogP contribution in [0.15, 0.2) is 24.3 Å². The molecule has 1 aromatic carbocycles. The summed E-state index contributed by atoms with van der Waals surface area (Å²) in [5, 5.41) is 2.99. The van der Waals surface area contributed by atoms with E-state index in [2.05, 4.69) is 17.4 Å². The molecule has 0 aliphatic carbocycles. The van der Waals surface area contributed by atoms with Crippen LogP contribution in [0.5, 0.6) is 5.75 Å². The van der Waals surface area contributed by atoms with Gasteiger partial charge in [0.25, 0.3) is 5.91 Å². The Hall–Kier alpha value is -1.59. The van der Waals surface area contributed by atoms with Crippen LogP contribution in [0.1, 0.15) is 32.8 Å². The van der Waals surface area contributed by atoms with Gasteiger partial charge in [-0.15, -0.1) is 0 Å². The monoisotopic (exact) mass is 321 g/mol. The van der Waals surface area contributed by atoms with Gasteiger partial charge in [-0.1, -0.05) is 12.1 Å². The molecule has 0 saturated carbocycles. The van der Waals surface area contributed by atoms with Crippen molar-refractivity contribution in [1.29, 1.82) is 0 Å². The van der Waals surface area contributed by atoms with E-state index in [1.54, 1.807) is 0 Å². The third kappa shape index (κ3) is 6.20. The molecule has 5 nitrogen and oxygen atoms in total. The standard InChI is InChI=1S/C18H27NO4/c1-13(2)23-16-8-6-15(7-9-16)5-4-14(3)19-18(20)17-12-21-10-11-22-17/h6-9,13-14,17H,4-5,10-12H2,1-3H3,(H,19,20)/t14-,17-/m1/s1. The first-order valence-corrected chi connectivity index (χ1v) is 8.30. The molecule has 1 heterocycles. The highest BCUT2D eigenvalue weighted by Crippen LogP contribution is 2.15. The maximum atomic E-state index is 12.0. The van der Waals surface area contributed by atoms with E-state index in [0.29, 0.717) is 19.8 Å². The second-order valence-electron chi connectivity index (χ2n) is 6.19. The van der Waals surface area contributed by atoms with Crippen molar-refractivity contribution in [3.05, 3.63) is 29.8 Å². The molecule has 1 aromatic rings. The van der Waals surface area contributed by atoms with Crippen molar-refractivity contribution in [2.75, 3.05) is 19.8 Å². The fourth-order valence-electron chi connectivity index (χ4n) is 2.44. The van der Waals surface area contributed by atoms with Crippen molar-refractivity contribution >= 4 is 5.91 Å². The molecule has 0 bridgehead atoms. The zero-order valence-corrected chi connectivity index (χ0v) is 14.2. The Morgan fingerprint density at radius 1 is 1.26 bits per heavy atom. The molecule has 1 N–H and O–H groups in total. The van der Waals surface area contributed by atoms with Crippen LogP contribution in [0.25, 0.3) is 0 Å². The maximum absolute atomic E-state index is 12.0. The number of benzene rings is 1. The topological polar surface area (TPSA) is 56.8 Å². The molecule has 2 atom stereocenters. The Balaban J connectivity index is 1.73. The summed E-state index contributed by atoms with van der Waals surface area (Å²) in [5.74, 6) is 0.803. The minimum atomic E-state index is -0.473. The fourth-order valence-corrected chi connectivity index (χ4v) is 2.44. The van der Waals surface area contributed by atoms with Crippen molar-refractivity contribution in [1.82, 2.24) is 5.32 Å². The molecule has 0 radical (unpaired) electrons. The SMILES string of the molecule is CC(C)Oc1ccc(CC[C@@H](C)NC(=O)[C@H]2COCCO2)cc1.